The molecule has 1 aromatic heterocycles. The number of carbonyl (C=O) groups excluding carboxylic acids is 1. The highest BCUT2D eigenvalue weighted by atomic mass is 35.5. The first kappa shape index (κ1) is 29.5. The molecule has 1 saturated carbocycles. The van der Waals surface area contributed by atoms with Crippen molar-refractivity contribution in [3.05, 3.63) is 56.0 Å². The minimum atomic E-state index is -0.329. The van der Waals surface area contributed by atoms with Crippen LogP contribution in [0.4, 0.5) is 5.69 Å². The van der Waals surface area contributed by atoms with E-state index in [0.29, 0.717) is 53.2 Å². The second-order valence-corrected chi connectivity index (χ2v) is 12.8. The Balaban J connectivity index is 1.21. The van der Waals surface area contributed by atoms with Gasteiger partial charge in [0.05, 0.1) is 29.0 Å². The van der Waals surface area contributed by atoms with Crippen LogP contribution >= 0.6 is 11.6 Å². The summed E-state index contributed by atoms with van der Waals surface area (Å²) in [5.41, 5.74) is 3.13. The molecule has 2 atom stereocenters. The van der Waals surface area contributed by atoms with Gasteiger partial charge in [0.1, 0.15) is 11.9 Å². The summed E-state index contributed by atoms with van der Waals surface area (Å²) < 4.78 is 18.0. The second-order valence-electron chi connectivity index (χ2n) is 12.4. The van der Waals surface area contributed by atoms with Crippen LogP contribution in [0, 0.1) is 19.8 Å². The van der Waals surface area contributed by atoms with Crippen molar-refractivity contribution < 1.29 is 19.0 Å². The summed E-state index contributed by atoms with van der Waals surface area (Å²) in [7, 11) is 0. The van der Waals surface area contributed by atoms with Gasteiger partial charge in [-0.15, -0.1) is 0 Å². The molecule has 3 aliphatic heterocycles. The zero-order chi connectivity index (χ0) is 29.4. The van der Waals surface area contributed by atoms with Crippen LogP contribution in [0.15, 0.2) is 23.0 Å². The summed E-state index contributed by atoms with van der Waals surface area (Å²) >= 11 is 7.00. The lowest BCUT2D eigenvalue weighted by Crippen LogP contribution is -2.53. The number of aryl methyl sites for hydroxylation is 2. The number of H-pyrrole nitrogens is 1. The first-order chi connectivity index (χ1) is 20.3. The van der Waals surface area contributed by atoms with Gasteiger partial charge < -0.3 is 29.4 Å². The van der Waals surface area contributed by atoms with Crippen molar-refractivity contribution in [2.24, 2.45) is 5.92 Å². The Morgan fingerprint density at radius 3 is 2.67 bits per heavy atom. The van der Waals surface area contributed by atoms with Gasteiger partial charge in [-0.3, -0.25) is 14.5 Å². The van der Waals surface area contributed by atoms with E-state index in [4.69, 9.17) is 25.8 Å². The monoisotopic (exact) mass is 598 g/mol. The summed E-state index contributed by atoms with van der Waals surface area (Å²) in [5.74, 6) is 0.984. The van der Waals surface area contributed by atoms with E-state index in [9.17, 15) is 9.59 Å². The van der Waals surface area contributed by atoms with E-state index >= 15 is 0 Å². The normalized spacial score (nSPS) is 26.1. The van der Waals surface area contributed by atoms with Crippen LogP contribution in [0.3, 0.4) is 0 Å². The molecule has 228 valence electrons. The van der Waals surface area contributed by atoms with E-state index in [2.05, 4.69) is 27.0 Å². The second kappa shape index (κ2) is 12.6. The van der Waals surface area contributed by atoms with Crippen LogP contribution in [0.5, 0.6) is 5.75 Å². The van der Waals surface area contributed by atoms with Gasteiger partial charge in [-0.1, -0.05) is 11.6 Å². The Bertz CT molecular complexity index is 1340. The molecule has 3 saturated heterocycles. The van der Waals surface area contributed by atoms with Gasteiger partial charge in [-0.05, 0) is 63.6 Å². The number of rotatable bonds is 9. The Morgan fingerprint density at radius 2 is 1.95 bits per heavy atom. The standard InChI is InChI=1S/C32H43ClN4O5/c1-4-37(22-5-7-40-8-6-22)29-14-25(42-24-11-23(12-24)36-16-21-10-26(17-36)41-18-21)13-27(30(29)33)31(38)34-15-28-19(2)9-20(3)35-32(28)39/h9,13-14,21-24,26H,4-8,10-12,15-18H2,1-3H3,(H,34,38)(H,35,39). The molecule has 2 bridgehead atoms. The van der Waals surface area contributed by atoms with Crippen LogP contribution in [-0.2, 0) is 16.0 Å². The van der Waals surface area contributed by atoms with Gasteiger partial charge in [0.25, 0.3) is 11.5 Å². The van der Waals surface area contributed by atoms with Gasteiger partial charge >= 0.3 is 0 Å². The van der Waals surface area contributed by atoms with Crippen molar-refractivity contribution in [1.82, 2.24) is 15.2 Å². The summed E-state index contributed by atoms with van der Waals surface area (Å²) in [6.07, 6.45) is 5.40. The first-order valence-electron chi connectivity index (χ1n) is 15.5. The number of anilines is 1. The van der Waals surface area contributed by atoms with Gasteiger partial charge in [0.2, 0.25) is 0 Å². The number of aromatic amines is 1. The number of hydrogen-bond donors (Lipinski definition) is 2. The third-order valence-corrected chi connectivity index (χ3v) is 9.85. The fourth-order valence-electron chi connectivity index (χ4n) is 7.14. The number of hydrogen-bond acceptors (Lipinski definition) is 7. The number of pyridine rings is 1. The van der Waals surface area contributed by atoms with Crippen LogP contribution < -0.4 is 20.5 Å². The largest absolute Gasteiger partial charge is 0.490 e. The highest BCUT2D eigenvalue weighted by Crippen LogP contribution is 2.40. The quantitative estimate of drug-likeness (QED) is 0.446. The highest BCUT2D eigenvalue weighted by Gasteiger charge is 2.42. The molecule has 10 heteroatoms. The molecule has 2 aromatic rings. The van der Waals surface area contributed by atoms with Gasteiger partial charge in [-0.2, -0.15) is 0 Å². The Morgan fingerprint density at radius 1 is 1.17 bits per heavy atom. The molecule has 1 amide bonds. The number of carbonyl (C=O) groups is 1. The Kier molecular flexibility index (Phi) is 8.82. The van der Waals surface area contributed by atoms with E-state index in [1.807, 2.05) is 26.0 Å². The van der Waals surface area contributed by atoms with Gasteiger partial charge in [0.15, 0.2) is 0 Å². The third-order valence-electron chi connectivity index (χ3n) is 9.46. The molecule has 4 aliphatic rings. The Hall–Kier alpha value is -2.59. The lowest BCUT2D eigenvalue weighted by Gasteiger charge is -2.45. The minimum absolute atomic E-state index is 0.0901. The average Bonchev–Trinajstić information content (AvgIpc) is 3.29. The molecule has 6 rings (SSSR count). The molecule has 42 heavy (non-hydrogen) atoms. The van der Waals surface area contributed by atoms with Crippen molar-refractivity contribution in [3.8, 4) is 5.75 Å². The third kappa shape index (κ3) is 6.20. The summed E-state index contributed by atoms with van der Waals surface area (Å²) in [5, 5.41) is 3.34. The lowest BCUT2D eigenvalue weighted by molar-refractivity contribution is -0.0111. The van der Waals surface area contributed by atoms with E-state index in [1.165, 1.54) is 6.42 Å². The van der Waals surface area contributed by atoms with Crippen molar-refractivity contribution in [2.45, 2.75) is 83.7 Å². The van der Waals surface area contributed by atoms with E-state index in [1.54, 1.807) is 6.07 Å². The first-order valence-corrected chi connectivity index (χ1v) is 15.8. The molecular formula is C32H43ClN4O5. The van der Waals surface area contributed by atoms with Crippen LogP contribution in [0.1, 0.15) is 66.2 Å². The molecule has 9 nitrogen and oxygen atoms in total. The minimum Gasteiger partial charge on any atom is -0.490 e. The maximum Gasteiger partial charge on any atom is 0.253 e. The van der Waals surface area contributed by atoms with Crippen LogP contribution in [-0.4, -0.2) is 79.5 Å². The van der Waals surface area contributed by atoms with Gasteiger partial charge in [0, 0.05) is 81.6 Å². The number of likely N-dealkylation sites (tertiary alicyclic amines) is 1. The maximum atomic E-state index is 13.6. The van der Waals surface area contributed by atoms with Gasteiger partial charge in [-0.25, -0.2) is 0 Å². The van der Waals surface area contributed by atoms with Crippen molar-refractivity contribution >= 4 is 23.2 Å². The van der Waals surface area contributed by atoms with E-state index < -0.39 is 0 Å². The fraction of sp³-hybridized carbons (Fsp3) is 0.625. The fourth-order valence-corrected chi connectivity index (χ4v) is 7.44. The molecule has 0 radical (unpaired) electrons. The van der Waals surface area contributed by atoms with E-state index in [0.717, 1.165) is 68.9 Å². The van der Waals surface area contributed by atoms with E-state index in [-0.39, 0.29) is 30.2 Å². The smallest absolute Gasteiger partial charge is 0.253 e. The zero-order valence-electron chi connectivity index (χ0n) is 24.9. The zero-order valence-corrected chi connectivity index (χ0v) is 25.7. The summed E-state index contributed by atoms with van der Waals surface area (Å²) in [6.45, 7) is 11.1. The molecule has 0 spiro atoms. The predicted octanol–water partition coefficient (Wildman–Crippen LogP) is 4.21. The molecular weight excluding hydrogens is 556 g/mol. The number of piperidine rings is 1. The molecule has 2 N–H and O–H groups in total. The Labute approximate surface area is 252 Å². The van der Waals surface area contributed by atoms with Crippen LogP contribution in [0.2, 0.25) is 5.02 Å². The highest BCUT2D eigenvalue weighted by molar-refractivity contribution is 6.36. The lowest BCUT2D eigenvalue weighted by atomic mass is 9.85. The van der Waals surface area contributed by atoms with Crippen molar-refractivity contribution in [2.75, 3.05) is 44.4 Å². The summed E-state index contributed by atoms with van der Waals surface area (Å²) in [4.78, 5) is 33.8. The average molecular weight is 599 g/mol. The number of nitrogens with zero attached hydrogens (tertiary/aromatic N) is 2. The summed E-state index contributed by atoms with van der Waals surface area (Å²) in [6, 6.07) is 6.44. The maximum absolute atomic E-state index is 13.6. The van der Waals surface area contributed by atoms with Crippen molar-refractivity contribution in [1.29, 1.82) is 0 Å². The number of aromatic nitrogens is 1. The number of benzene rings is 1. The molecule has 4 fully saturated rings. The number of halogens is 1. The number of fused-ring (bicyclic) bond motifs is 2. The van der Waals surface area contributed by atoms with Crippen LogP contribution in [0.25, 0.3) is 0 Å². The number of nitrogens with one attached hydrogen (secondary N) is 2. The topological polar surface area (TPSA) is 96.1 Å². The number of ether oxygens (including phenoxy) is 3. The SMILES string of the molecule is CCN(c1cc(OC2CC(N3CC4COC(C4)C3)C2)cc(C(=O)NCc2c(C)cc(C)[nH]c2=O)c1Cl)C1CCOCC1. The molecule has 1 aliphatic carbocycles. The van der Waals surface area contributed by atoms with Crippen molar-refractivity contribution in [3.63, 3.8) is 0 Å². The number of amides is 1. The predicted molar refractivity (Wildman–Crippen MR) is 163 cm³/mol. The molecule has 2 unspecified atom stereocenters. The molecule has 4 heterocycles. The molecule has 1 aromatic carbocycles.